The van der Waals surface area contributed by atoms with Gasteiger partial charge >= 0.3 is 0 Å². The molecule has 15 heavy (non-hydrogen) atoms. The van der Waals surface area contributed by atoms with Crippen molar-refractivity contribution in [1.29, 1.82) is 0 Å². The summed E-state index contributed by atoms with van der Waals surface area (Å²) in [5.74, 6) is 1.47. The van der Waals surface area contributed by atoms with Gasteiger partial charge < -0.3 is 15.2 Å². The lowest BCUT2D eigenvalue weighted by atomic mass is 9.79. The van der Waals surface area contributed by atoms with E-state index in [1.807, 2.05) is 0 Å². The number of aliphatic hydroxyl groups excluding tert-OH is 1. The Bertz CT molecular complexity index is 164. The summed E-state index contributed by atoms with van der Waals surface area (Å²) in [6.45, 7) is 4.13. The van der Waals surface area contributed by atoms with Gasteiger partial charge in [-0.05, 0) is 24.7 Å². The number of hydrogen-bond donors (Lipinski definition) is 2. The summed E-state index contributed by atoms with van der Waals surface area (Å²) in [5.41, 5.74) is 0. The predicted molar refractivity (Wildman–Crippen MR) is 61.9 cm³/mol. The zero-order valence-corrected chi connectivity index (χ0v) is 10.0. The van der Waals surface area contributed by atoms with Gasteiger partial charge in [-0.25, -0.2) is 0 Å². The van der Waals surface area contributed by atoms with E-state index in [1.54, 1.807) is 7.11 Å². The second-order valence-corrected chi connectivity index (χ2v) is 4.77. The Kier molecular flexibility index (Phi) is 6.22. The lowest BCUT2D eigenvalue weighted by Crippen LogP contribution is -2.42. The van der Waals surface area contributed by atoms with Crippen LogP contribution in [0.15, 0.2) is 0 Å². The predicted octanol–water partition coefficient (Wildman–Crippen LogP) is 1.41. The molecule has 1 saturated carbocycles. The maximum absolute atomic E-state index is 9.36. The lowest BCUT2D eigenvalue weighted by molar-refractivity contribution is 0.138. The molecule has 1 aliphatic carbocycles. The minimum absolute atomic E-state index is 0.251. The molecule has 0 spiro atoms. The summed E-state index contributed by atoms with van der Waals surface area (Å²) in [6, 6.07) is 0.267. The third-order valence-corrected chi connectivity index (χ3v) is 3.46. The minimum atomic E-state index is 0.251. The number of methoxy groups -OCH3 is 1. The quantitative estimate of drug-likeness (QED) is 0.658. The summed E-state index contributed by atoms with van der Waals surface area (Å²) >= 11 is 0. The number of aliphatic hydroxyl groups is 1. The van der Waals surface area contributed by atoms with Crippen LogP contribution in [0.2, 0.25) is 0 Å². The van der Waals surface area contributed by atoms with Crippen molar-refractivity contribution in [2.75, 3.05) is 26.9 Å². The van der Waals surface area contributed by atoms with Crippen molar-refractivity contribution in [1.82, 2.24) is 5.32 Å². The van der Waals surface area contributed by atoms with Gasteiger partial charge in [0.15, 0.2) is 0 Å². The zero-order valence-electron chi connectivity index (χ0n) is 10.0. The van der Waals surface area contributed by atoms with E-state index in [4.69, 9.17) is 4.74 Å². The van der Waals surface area contributed by atoms with Crippen molar-refractivity contribution in [3.05, 3.63) is 0 Å². The lowest BCUT2D eigenvalue weighted by Gasteiger charge is -2.32. The van der Waals surface area contributed by atoms with Crippen LogP contribution in [0, 0.1) is 11.8 Å². The van der Waals surface area contributed by atoms with Gasteiger partial charge in [0, 0.05) is 19.7 Å². The smallest absolute Gasteiger partial charge is 0.0587 e. The Morgan fingerprint density at radius 3 is 2.87 bits per heavy atom. The fourth-order valence-electron chi connectivity index (χ4n) is 2.57. The van der Waals surface area contributed by atoms with E-state index in [-0.39, 0.29) is 12.6 Å². The molecule has 3 unspecified atom stereocenters. The first-order valence-corrected chi connectivity index (χ1v) is 6.11. The van der Waals surface area contributed by atoms with E-state index >= 15 is 0 Å². The van der Waals surface area contributed by atoms with E-state index in [1.165, 1.54) is 25.7 Å². The molecule has 0 aromatic carbocycles. The van der Waals surface area contributed by atoms with Crippen molar-refractivity contribution >= 4 is 0 Å². The van der Waals surface area contributed by atoms with Crippen LogP contribution >= 0.6 is 0 Å². The van der Waals surface area contributed by atoms with Crippen molar-refractivity contribution in [3.63, 3.8) is 0 Å². The molecule has 0 aliphatic heterocycles. The first-order valence-electron chi connectivity index (χ1n) is 6.11. The summed E-state index contributed by atoms with van der Waals surface area (Å²) < 4.78 is 5.00. The minimum Gasteiger partial charge on any atom is -0.395 e. The van der Waals surface area contributed by atoms with Crippen LogP contribution in [0.25, 0.3) is 0 Å². The Morgan fingerprint density at radius 2 is 2.27 bits per heavy atom. The molecule has 3 heteroatoms. The molecule has 0 bridgehead atoms. The Hall–Kier alpha value is -0.120. The molecule has 1 fully saturated rings. The van der Waals surface area contributed by atoms with E-state index < -0.39 is 0 Å². The molecule has 3 atom stereocenters. The summed E-state index contributed by atoms with van der Waals surface area (Å²) in [4.78, 5) is 0. The molecular formula is C12H25NO2. The first kappa shape index (κ1) is 12.9. The summed E-state index contributed by atoms with van der Waals surface area (Å²) in [7, 11) is 1.71. The Labute approximate surface area is 93.2 Å². The van der Waals surface area contributed by atoms with Gasteiger partial charge in [0.1, 0.15) is 0 Å². The van der Waals surface area contributed by atoms with Crippen LogP contribution in [-0.4, -0.2) is 38.0 Å². The molecule has 3 nitrogen and oxygen atoms in total. The standard InChI is InChI=1S/C12H25NO2/c1-10-4-3-5-11(8-10)12(9-14)13-6-7-15-2/h10-14H,3-9H2,1-2H3. The molecule has 0 radical (unpaired) electrons. The van der Waals surface area contributed by atoms with Gasteiger partial charge in [-0.1, -0.05) is 19.8 Å². The molecule has 1 rings (SSSR count). The van der Waals surface area contributed by atoms with Gasteiger partial charge in [-0.15, -0.1) is 0 Å². The van der Waals surface area contributed by atoms with E-state index in [0.29, 0.717) is 5.92 Å². The average Bonchev–Trinajstić information content (AvgIpc) is 2.24. The molecule has 0 aromatic heterocycles. The topological polar surface area (TPSA) is 41.5 Å². The Balaban J connectivity index is 2.29. The van der Waals surface area contributed by atoms with E-state index in [0.717, 1.165) is 19.1 Å². The van der Waals surface area contributed by atoms with Gasteiger partial charge in [-0.2, -0.15) is 0 Å². The molecular weight excluding hydrogens is 190 g/mol. The van der Waals surface area contributed by atoms with Gasteiger partial charge in [-0.3, -0.25) is 0 Å². The molecule has 0 heterocycles. The maximum atomic E-state index is 9.36. The summed E-state index contributed by atoms with van der Waals surface area (Å²) in [6.07, 6.45) is 5.18. The Morgan fingerprint density at radius 1 is 1.47 bits per heavy atom. The molecule has 2 N–H and O–H groups in total. The zero-order chi connectivity index (χ0) is 11.1. The molecule has 1 aliphatic rings. The average molecular weight is 215 g/mol. The largest absolute Gasteiger partial charge is 0.395 e. The van der Waals surface area contributed by atoms with Crippen LogP contribution in [0.5, 0.6) is 0 Å². The van der Waals surface area contributed by atoms with Gasteiger partial charge in [0.2, 0.25) is 0 Å². The fourth-order valence-corrected chi connectivity index (χ4v) is 2.57. The number of ether oxygens (including phenoxy) is 1. The van der Waals surface area contributed by atoms with Crippen molar-refractivity contribution in [2.45, 2.75) is 38.6 Å². The van der Waals surface area contributed by atoms with Crippen LogP contribution in [0.3, 0.4) is 0 Å². The van der Waals surface area contributed by atoms with Crippen LogP contribution in [0.1, 0.15) is 32.6 Å². The highest BCUT2D eigenvalue weighted by atomic mass is 16.5. The third-order valence-electron chi connectivity index (χ3n) is 3.46. The molecule has 0 amide bonds. The van der Waals surface area contributed by atoms with Crippen molar-refractivity contribution in [2.24, 2.45) is 11.8 Å². The van der Waals surface area contributed by atoms with Crippen LogP contribution in [-0.2, 0) is 4.74 Å². The normalized spacial score (nSPS) is 29.0. The van der Waals surface area contributed by atoms with E-state index in [2.05, 4.69) is 12.2 Å². The highest BCUT2D eigenvalue weighted by molar-refractivity contribution is 4.80. The monoisotopic (exact) mass is 215 g/mol. The van der Waals surface area contributed by atoms with Crippen LogP contribution < -0.4 is 5.32 Å². The molecule has 0 saturated heterocycles. The fraction of sp³-hybridized carbons (Fsp3) is 1.00. The number of rotatable bonds is 6. The second kappa shape index (κ2) is 7.20. The SMILES string of the molecule is COCCNC(CO)C1CCCC(C)C1. The second-order valence-electron chi connectivity index (χ2n) is 4.77. The highest BCUT2D eigenvalue weighted by Gasteiger charge is 2.25. The maximum Gasteiger partial charge on any atom is 0.0587 e. The number of nitrogens with one attached hydrogen (secondary N) is 1. The highest BCUT2D eigenvalue weighted by Crippen LogP contribution is 2.30. The van der Waals surface area contributed by atoms with Gasteiger partial charge in [0.25, 0.3) is 0 Å². The summed E-state index contributed by atoms with van der Waals surface area (Å²) in [5, 5.41) is 12.7. The van der Waals surface area contributed by atoms with Gasteiger partial charge in [0.05, 0.1) is 13.2 Å². The first-order chi connectivity index (χ1) is 7.27. The number of hydrogen-bond acceptors (Lipinski definition) is 3. The van der Waals surface area contributed by atoms with Crippen molar-refractivity contribution < 1.29 is 9.84 Å². The van der Waals surface area contributed by atoms with E-state index in [9.17, 15) is 5.11 Å². The molecule has 0 aromatic rings. The third kappa shape index (κ3) is 4.49. The van der Waals surface area contributed by atoms with Crippen molar-refractivity contribution in [3.8, 4) is 0 Å². The molecule has 90 valence electrons. The van der Waals surface area contributed by atoms with Crippen LogP contribution in [0.4, 0.5) is 0 Å².